The van der Waals surface area contributed by atoms with Gasteiger partial charge in [0.05, 0.1) is 35.1 Å². The smallest absolute Gasteiger partial charge is 0.457 e. The third-order valence-electron chi connectivity index (χ3n) is 10.9. The van der Waals surface area contributed by atoms with Gasteiger partial charge in [-0.1, -0.05) is 32.9 Å². The molecule has 0 spiro atoms. The number of fused-ring (bicyclic) bond motifs is 6. The Balaban J connectivity index is 1.06. The molecule has 3 aliphatic rings. The van der Waals surface area contributed by atoms with Crippen LogP contribution in [0.25, 0.3) is 22.3 Å². The minimum Gasteiger partial charge on any atom is -0.457 e. The van der Waals surface area contributed by atoms with Crippen molar-refractivity contribution in [3.63, 3.8) is 0 Å². The second-order valence-corrected chi connectivity index (χ2v) is 15.3. The highest BCUT2D eigenvalue weighted by atomic mass is 35.5. The number of benzene rings is 2. The number of carbonyl (C=O) groups is 4. The van der Waals surface area contributed by atoms with E-state index in [1.165, 1.54) is 0 Å². The number of pyridine rings is 2. The average Bonchev–Trinajstić information content (AvgIpc) is 3.84. The number of cyclic esters (lactones) is 1. The van der Waals surface area contributed by atoms with E-state index in [-0.39, 0.29) is 68.3 Å². The summed E-state index contributed by atoms with van der Waals surface area (Å²) in [6.45, 7) is 5.23. The molecule has 3 aliphatic heterocycles. The number of amides is 2. The minimum absolute atomic E-state index is 0.0717. The number of guanidine groups is 1. The van der Waals surface area contributed by atoms with Crippen LogP contribution in [0.3, 0.4) is 0 Å². The number of rotatable bonds is 14. The molecule has 8 N–H and O–H groups in total. The quantitative estimate of drug-likeness (QED) is 0.0307. The maximum absolute atomic E-state index is 14.1. The largest absolute Gasteiger partial charge is 0.510 e. The number of esters is 1. The molecule has 0 radical (unpaired) electrons. The highest BCUT2D eigenvalue weighted by molar-refractivity contribution is 6.18. The number of hydrogen-bond donors (Lipinski definition) is 6. The van der Waals surface area contributed by atoms with Gasteiger partial charge in [0.2, 0.25) is 24.2 Å². The molecule has 0 saturated heterocycles. The van der Waals surface area contributed by atoms with Crippen molar-refractivity contribution >= 4 is 58.1 Å². The molecule has 2 amide bonds. The zero-order chi connectivity index (χ0) is 42.9. The topological polar surface area (TPSA) is 261 Å². The standard InChI is InChI=1S/C41H45ClN8O10/c1-4-41(60-40(55)57-17-21-7-9-22(10-8-21)47-35(51)28(6-5-11-46-39(44)45)49-36(52)33(43)20(2)3)27-13-30-34-25(16-50(30)37(53)26(27)18-56-38(41)54)24(15-42)23-12-31-32(59-19-58-31)14-29(23)48-34/h7-10,12-14,20,28,33H,4-6,11,15-19,43H2,1-3H3,(H,47,51)(H,49,52)(H4,44,45,46)/t28-,33-,41-/m0/s1. The molecule has 18 nitrogen and oxygen atoms in total. The number of nitrogens with two attached hydrogens (primary N) is 2. The lowest BCUT2D eigenvalue weighted by atomic mass is 9.85. The Morgan fingerprint density at radius 3 is 2.47 bits per heavy atom. The number of ether oxygens (including phenoxy) is 5. The van der Waals surface area contributed by atoms with Crippen molar-refractivity contribution in [1.82, 2.24) is 20.2 Å². The lowest BCUT2D eigenvalue weighted by Crippen LogP contribution is -2.51. The van der Waals surface area contributed by atoms with Crippen molar-refractivity contribution in [2.24, 2.45) is 17.4 Å². The molecule has 0 unspecified atom stereocenters. The molecule has 2 aromatic carbocycles. The number of halogens is 1. The van der Waals surface area contributed by atoms with Crippen molar-refractivity contribution in [2.75, 3.05) is 18.7 Å². The highest BCUT2D eigenvalue weighted by Crippen LogP contribution is 2.44. The number of alkyl halides is 1. The first-order valence-electron chi connectivity index (χ1n) is 19.4. The van der Waals surface area contributed by atoms with Gasteiger partial charge in [-0.3, -0.25) is 19.8 Å². The fourth-order valence-electron chi connectivity index (χ4n) is 7.46. The summed E-state index contributed by atoms with van der Waals surface area (Å²) < 4.78 is 29.4. The van der Waals surface area contributed by atoms with Crippen molar-refractivity contribution in [2.45, 2.75) is 83.4 Å². The Labute approximate surface area is 348 Å². The van der Waals surface area contributed by atoms with Crippen molar-refractivity contribution in [3.05, 3.63) is 80.6 Å². The van der Waals surface area contributed by atoms with Crippen LogP contribution in [-0.2, 0) is 59.8 Å². The highest BCUT2D eigenvalue weighted by Gasteiger charge is 2.51. The molecule has 5 heterocycles. The molecule has 19 heteroatoms. The van der Waals surface area contributed by atoms with Crippen LogP contribution >= 0.6 is 11.6 Å². The molecule has 7 rings (SSSR count). The number of aromatic nitrogens is 2. The Bertz CT molecular complexity index is 2460. The summed E-state index contributed by atoms with van der Waals surface area (Å²) in [4.78, 5) is 71.9. The lowest BCUT2D eigenvalue weighted by molar-refractivity contribution is -0.175. The van der Waals surface area contributed by atoms with E-state index in [0.717, 1.165) is 16.5 Å². The SMILES string of the molecule is CC[C@@]1(OC(=O)OCc2ccc(NC(=O)[C@H](CCCNC(=N)N)NC(=O)[C@@H](N)C(C)C)cc2)C(=O)OCc2c1cc1n(c2=O)Cc2c-1nc1cc3c(cc1c2CCl)OCO3. The van der Waals surface area contributed by atoms with Crippen molar-refractivity contribution < 1.29 is 42.9 Å². The van der Waals surface area contributed by atoms with E-state index >= 15 is 0 Å². The summed E-state index contributed by atoms with van der Waals surface area (Å²) in [6, 6.07) is 9.90. The summed E-state index contributed by atoms with van der Waals surface area (Å²) in [5, 5.41) is 16.3. The molecule has 2 aromatic heterocycles. The van der Waals surface area contributed by atoms with E-state index in [9.17, 15) is 24.0 Å². The Morgan fingerprint density at radius 1 is 1.05 bits per heavy atom. The maximum Gasteiger partial charge on any atom is 0.510 e. The van der Waals surface area contributed by atoms with Gasteiger partial charge >= 0.3 is 12.1 Å². The third kappa shape index (κ3) is 7.99. The fourth-order valence-corrected chi connectivity index (χ4v) is 7.76. The van der Waals surface area contributed by atoms with Gasteiger partial charge in [-0.25, -0.2) is 14.6 Å². The predicted octanol–water partition coefficient (Wildman–Crippen LogP) is 3.58. The Morgan fingerprint density at radius 2 is 1.78 bits per heavy atom. The van der Waals surface area contributed by atoms with Gasteiger partial charge in [0.1, 0.15) is 19.3 Å². The van der Waals surface area contributed by atoms with Gasteiger partial charge in [0.25, 0.3) is 5.56 Å². The van der Waals surface area contributed by atoms with Crippen LogP contribution in [0.4, 0.5) is 10.5 Å². The molecule has 0 fully saturated rings. The predicted molar refractivity (Wildman–Crippen MR) is 218 cm³/mol. The number of carbonyl (C=O) groups excluding carboxylic acids is 4. The van der Waals surface area contributed by atoms with Gasteiger partial charge in [0, 0.05) is 40.7 Å². The molecule has 0 aliphatic carbocycles. The first-order valence-corrected chi connectivity index (χ1v) is 19.9. The van der Waals surface area contributed by atoms with E-state index in [1.54, 1.807) is 61.7 Å². The van der Waals surface area contributed by atoms with E-state index in [2.05, 4.69) is 16.0 Å². The van der Waals surface area contributed by atoms with Gasteiger partial charge in [0.15, 0.2) is 17.5 Å². The first kappa shape index (κ1) is 41.7. The number of hydrogen-bond acceptors (Lipinski definition) is 13. The summed E-state index contributed by atoms with van der Waals surface area (Å²) in [5.41, 5.74) is 13.2. The maximum atomic E-state index is 14.1. The molecular formula is C41H45ClN8O10. The molecule has 0 bridgehead atoms. The van der Waals surface area contributed by atoms with Crippen LogP contribution in [0.2, 0.25) is 0 Å². The van der Waals surface area contributed by atoms with Gasteiger partial charge in [-0.05, 0) is 60.6 Å². The van der Waals surface area contributed by atoms with E-state index in [0.29, 0.717) is 52.6 Å². The lowest BCUT2D eigenvalue weighted by Gasteiger charge is -2.35. The number of anilines is 1. The van der Waals surface area contributed by atoms with Crippen LogP contribution in [0.5, 0.6) is 11.5 Å². The van der Waals surface area contributed by atoms with Crippen LogP contribution in [-0.4, -0.2) is 64.9 Å². The summed E-state index contributed by atoms with van der Waals surface area (Å²) in [6.07, 6.45) is -0.579. The molecule has 0 saturated carbocycles. The minimum atomic E-state index is -2.00. The van der Waals surface area contributed by atoms with Crippen LogP contribution < -0.4 is 42.5 Å². The van der Waals surface area contributed by atoms with Gasteiger partial charge in [-0.2, -0.15) is 0 Å². The summed E-state index contributed by atoms with van der Waals surface area (Å²) >= 11 is 6.50. The van der Waals surface area contributed by atoms with E-state index in [4.69, 9.17) is 57.1 Å². The van der Waals surface area contributed by atoms with E-state index < -0.39 is 47.2 Å². The number of nitrogens with zero attached hydrogens (tertiary/aromatic N) is 2. The summed E-state index contributed by atoms with van der Waals surface area (Å²) in [5.74, 6) is -0.931. The van der Waals surface area contributed by atoms with Gasteiger partial charge in [-0.15, -0.1) is 11.6 Å². The molecule has 3 atom stereocenters. The van der Waals surface area contributed by atoms with E-state index in [1.807, 2.05) is 6.07 Å². The van der Waals surface area contributed by atoms with Crippen LogP contribution in [0, 0.1) is 11.3 Å². The second kappa shape index (κ2) is 17.1. The summed E-state index contributed by atoms with van der Waals surface area (Å²) in [7, 11) is 0. The molecular weight excluding hydrogens is 800 g/mol. The number of nitrogens with one attached hydrogen (secondary N) is 4. The zero-order valence-corrected chi connectivity index (χ0v) is 33.9. The molecule has 316 valence electrons. The molecule has 60 heavy (non-hydrogen) atoms. The average molecular weight is 845 g/mol. The second-order valence-electron chi connectivity index (χ2n) is 15.0. The third-order valence-corrected chi connectivity index (χ3v) is 11.1. The first-order chi connectivity index (χ1) is 28.7. The van der Waals surface area contributed by atoms with Gasteiger partial charge < -0.3 is 55.7 Å². The Kier molecular flexibility index (Phi) is 11.9. The monoisotopic (exact) mass is 844 g/mol. The normalized spacial score (nSPS) is 16.9. The van der Waals surface area contributed by atoms with Crippen LogP contribution in [0.15, 0.2) is 47.3 Å². The zero-order valence-electron chi connectivity index (χ0n) is 33.1. The molecule has 4 aromatic rings. The van der Waals surface area contributed by atoms with Crippen molar-refractivity contribution in [3.8, 4) is 22.9 Å². The van der Waals surface area contributed by atoms with Crippen LogP contribution in [0.1, 0.15) is 67.9 Å². The fraction of sp³-hybridized carbons (Fsp3) is 0.390. The van der Waals surface area contributed by atoms with Crippen molar-refractivity contribution in [1.29, 1.82) is 5.41 Å². The Hall–Kier alpha value is -6.40.